The fraction of sp³-hybridized carbons (Fsp3) is 0. The molecule has 0 atom stereocenters. The van der Waals surface area contributed by atoms with Gasteiger partial charge in [-0.05, 0) is 100 Å². The summed E-state index contributed by atoms with van der Waals surface area (Å²) >= 11 is 0. The highest BCUT2D eigenvalue weighted by Crippen LogP contribution is 2.47. The molecule has 1 aliphatic rings. The van der Waals surface area contributed by atoms with Gasteiger partial charge in [-0.2, -0.15) is 0 Å². The van der Waals surface area contributed by atoms with Gasteiger partial charge < -0.3 is 4.57 Å². The highest BCUT2D eigenvalue weighted by Gasteiger charge is 2.25. The molecule has 0 unspecified atom stereocenters. The lowest BCUT2D eigenvalue weighted by molar-refractivity contribution is 1.09. The van der Waals surface area contributed by atoms with Crippen LogP contribution in [0.4, 0.5) is 0 Å². The molecule has 0 aliphatic heterocycles. The number of pyridine rings is 2. The number of rotatable bonds is 3. The summed E-state index contributed by atoms with van der Waals surface area (Å²) in [6, 6.07) is 59.3. The van der Waals surface area contributed by atoms with Gasteiger partial charge in [0.25, 0.3) is 0 Å². The maximum Gasteiger partial charge on any atom is 0.138 e. The molecule has 52 heavy (non-hydrogen) atoms. The van der Waals surface area contributed by atoms with E-state index in [2.05, 4.69) is 178 Å². The summed E-state index contributed by atoms with van der Waals surface area (Å²) in [7, 11) is 0. The van der Waals surface area contributed by atoms with Gasteiger partial charge in [-0.25, -0.2) is 4.98 Å². The van der Waals surface area contributed by atoms with Gasteiger partial charge in [0.15, 0.2) is 0 Å². The second kappa shape index (κ2) is 10.3. The van der Waals surface area contributed by atoms with Crippen molar-refractivity contribution >= 4 is 65.3 Å². The van der Waals surface area contributed by atoms with E-state index < -0.39 is 0 Å². The molecule has 0 amide bonds. The van der Waals surface area contributed by atoms with Gasteiger partial charge in [0, 0.05) is 49.9 Å². The molecule has 4 heteroatoms. The molecule has 0 saturated heterocycles. The molecule has 7 aromatic carbocycles. The zero-order valence-electron chi connectivity index (χ0n) is 28.0. The minimum atomic E-state index is 0.912. The van der Waals surface area contributed by atoms with Crippen LogP contribution in [0.5, 0.6) is 0 Å². The van der Waals surface area contributed by atoms with Gasteiger partial charge in [0.05, 0.1) is 33.3 Å². The van der Waals surface area contributed by atoms with Crippen LogP contribution in [0.25, 0.3) is 110 Å². The molecule has 4 aromatic heterocycles. The first kappa shape index (κ1) is 27.7. The Morgan fingerprint density at radius 1 is 0.404 bits per heavy atom. The predicted octanol–water partition coefficient (Wildman–Crippen LogP) is 12.3. The van der Waals surface area contributed by atoms with Crippen LogP contribution in [0.2, 0.25) is 0 Å². The van der Waals surface area contributed by atoms with Crippen molar-refractivity contribution in [3.63, 3.8) is 0 Å². The molecule has 4 heterocycles. The van der Waals surface area contributed by atoms with Gasteiger partial charge in [-0.1, -0.05) is 91.0 Å². The van der Waals surface area contributed by atoms with E-state index in [-0.39, 0.29) is 0 Å². The molecule has 0 N–H and O–H groups in total. The van der Waals surface area contributed by atoms with Crippen molar-refractivity contribution in [2.24, 2.45) is 0 Å². The molecule has 11 aromatic rings. The maximum absolute atomic E-state index is 5.42. The van der Waals surface area contributed by atoms with E-state index >= 15 is 0 Å². The largest absolute Gasteiger partial charge is 0.309 e. The molecule has 4 nitrogen and oxygen atoms in total. The SMILES string of the molecule is c1ccc(-n2c3ccccc3c3cc(-c4ccc5c(c4)c4c6ccccc6ccc4n5-c4ccc5c(n4)-c4cccc6nccc-5c46)ccc32)cc1. The summed E-state index contributed by atoms with van der Waals surface area (Å²) in [5.41, 5.74) is 13.8. The summed E-state index contributed by atoms with van der Waals surface area (Å²) in [5, 5.41) is 8.62. The topological polar surface area (TPSA) is 35.6 Å². The van der Waals surface area contributed by atoms with Crippen LogP contribution in [-0.4, -0.2) is 19.1 Å². The van der Waals surface area contributed by atoms with Gasteiger partial charge in [0.1, 0.15) is 5.82 Å². The van der Waals surface area contributed by atoms with E-state index in [1.807, 2.05) is 6.20 Å². The summed E-state index contributed by atoms with van der Waals surface area (Å²) in [6.45, 7) is 0. The number of hydrogen-bond acceptors (Lipinski definition) is 2. The smallest absolute Gasteiger partial charge is 0.138 e. The molecule has 0 saturated carbocycles. The molecule has 1 aliphatic carbocycles. The van der Waals surface area contributed by atoms with Crippen molar-refractivity contribution in [3.05, 3.63) is 170 Å². The Bertz CT molecular complexity index is 3290. The number of hydrogen-bond donors (Lipinski definition) is 0. The van der Waals surface area contributed by atoms with Crippen molar-refractivity contribution in [2.75, 3.05) is 0 Å². The van der Waals surface area contributed by atoms with E-state index in [4.69, 9.17) is 4.98 Å². The monoisotopic (exact) mass is 660 g/mol. The lowest BCUT2D eigenvalue weighted by atomic mass is 9.99. The van der Waals surface area contributed by atoms with E-state index in [0.29, 0.717) is 0 Å². The lowest BCUT2D eigenvalue weighted by Crippen LogP contribution is -1.98. The molecule has 0 spiro atoms. The second-order valence-corrected chi connectivity index (χ2v) is 13.8. The summed E-state index contributed by atoms with van der Waals surface area (Å²) in [5.74, 6) is 0.912. The molecule has 12 rings (SSSR count). The third-order valence-electron chi connectivity index (χ3n) is 11.1. The molecule has 0 radical (unpaired) electrons. The fourth-order valence-electron chi connectivity index (χ4n) is 8.85. The first-order chi connectivity index (χ1) is 25.8. The van der Waals surface area contributed by atoms with Crippen molar-refractivity contribution in [1.29, 1.82) is 0 Å². The van der Waals surface area contributed by atoms with Crippen molar-refractivity contribution in [2.45, 2.75) is 0 Å². The quantitative estimate of drug-likeness (QED) is 0.189. The number of benzene rings is 7. The number of aromatic nitrogens is 4. The Morgan fingerprint density at radius 2 is 1.13 bits per heavy atom. The fourth-order valence-corrected chi connectivity index (χ4v) is 8.85. The predicted molar refractivity (Wildman–Crippen MR) is 216 cm³/mol. The van der Waals surface area contributed by atoms with Gasteiger partial charge in [-0.15, -0.1) is 0 Å². The van der Waals surface area contributed by atoms with E-state index in [1.54, 1.807) is 0 Å². The van der Waals surface area contributed by atoms with Crippen LogP contribution in [0, 0.1) is 0 Å². The second-order valence-electron chi connectivity index (χ2n) is 13.8. The van der Waals surface area contributed by atoms with Gasteiger partial charge in [0.2, 0.25) is 0 Å². The highest BCUT2D eigenvalue weighted by atomic mass is 15.1. The van der Waals surface area contributed by atoms with E-state index in [9.17, 15) is 0 Å². The van der Waals surface area contributed by atoms with Crippen molar-refractivity contribution in [1.82, 2.24) is 19.1 Å². The van der Waals surface area contributed by atoms with Crippen LogP contribution >= 0.6 is 0 Å². The van der Waals surface area contributed by atoms with Crippen LogP contribution in [0.1, 0.15) is 0 Å². The molecule has 0 fully saturated rings. The zero-order valence-corrected chi connectivity index (χ0v) is 28.0. The minimum absolute atomic E-state index is 0.912. The average Bonchev–Trinajstić information content (AvgIpc) is 3.84. The Morgan fingerprint density at radius 3 is 2.02 bits per heavy atom. The Hall–Kier alpha value is -7.04. The zero-order chi connectivity index (χ0) is 33.9. The first-order valence-corrected chi connectivity index (χ1v) is 17.7. The average molecular weight is 661 g/mol. The number of para-hydroxylation sites is 2. The maximum atomic E-state index is 5.42. The Kier molecular flexibility index (Phi) is 5.47. The van der Waals surface area contributed by atoms with Crippen LogP contribution in [0.15, 0.2) is 170 Å². The first-order valence-electron chi connectivity index (χ1n) is 17.7. The van der Waals surface area contributed by atoms with E-state index in [1.165, 1.54) is 71.1 Å². The Labute approximate surface area is 298 Å². The van der Waals surface area contributed by atoms with Crippen molar-refractivity contribution in [3.8, 4) is 45.0 Å². The van der Waals surface area contributed by atoms with Gasteiger partial charge >= 0.3 is 0 Å². The van der Waals surface area contributed by atoms with Crippen molar-refractivity contribution < 1.29 is 0 Å². The molecule has 240 valence electrons. The lowest BCUT2D eigenvalue weighted by Gasteiger charge is -2.10. The number of nitrogens with zero attached hydrogens (tertiary/aromatic N) is 4. The number of fused-ring (bicyclic) bond motifs is 11. The minimum Gasteiger partial charge on any atom is -0.309 e. The molecular formula is C48H28N4. The molecule has 0 bridgehead atoms. The highest BCUT2D eigenvalue weighted by molar-refractivity contribution is 6.22. The van der Waals surface area contributed by atoms with Crippen LogP contribution < -0.4 is 0 Å². The summed E-state index contributed by atoms with van der Waals surface area (Å²) < 4.78 is 4.72. The standard InChI is InChI=1S/C48H28N4/c1-2-10-32(11-3-1)51-41-16-7-6-13-34(41)38-27-30(18-21-42(38)51)31-19-22-43-39(28-31)47-33-12-5-4-9-29(33)17-23-44(47)52(43)45-24-20-36-35-25-26-49-40-15-8-14-37(46(35)40)48(36)50-45/h1-28H. The Balaban J connectivity index is 1.10. The summed E-state index contributed by atoms with van der Waals surface area (Å²) in [6.07, 6.45) is 1.90. The normalized spacial score (nSPS) is 12.2. The summed E-state index contributed by atoms with van der Waals surface area (Å²) in [4.78, 5) is 10.1. The van der Waals surface area contributed by atoms with Gasteiger partial charge in [-0.3, -0.25) is 9.55 Å². The molecular weight excluding hydrogens is 633 g/mol. The third-order valence-corrected chi connectivity index (χ3v) is 11.1. The van der Waals surface area contributed by atoms with Crippen LogP contribution in [-0.2, 0) is 0 Å². The third kappa shape index (κ3) is 3.70. The van der Waals surface area contributed by atoms with E-state index in [0.717, 1.165) is 39.2 Å². The van der Waals surface area contributed by atoms with Crippen LogP contribution in [0.3, 0.4) is 0 Å².